The molecule has 5 nitrogen and oxygen atoms in total. The van der Waals surface area contributed by atoms with Crippen molar-refractivity contribution in [3.63, 3.8) is 0 Å². The van der Waals surface area contributed by atoms with Crippen molar-refractivity contribution in [1.82, 2.24) is 0 Å². The van der Waals surface area contributed by atoms with Gasteiger partial charge < -0.3 is 9.84 Å². The zero-order chi connectivity index (χ0) is 11.0. The highest BCUT2D eigenvalue weighted by Gasteiger charge is 2.26. The molecule has 0 bridgehead atoms. The van der Waals surface area contributed by atoms with Gasteiger partial charge in [0, 0.05) is 6.42 Å². The summed E-state index contributed by atoms with van der Waals surface area (Å²) in [5, 5.41) is 16.9. The number of hydrogen-bond donors (Lipinski definition) is 1. The number of nitrogens with zero attached hydrogens (tertiary/aromatic N) is 1. The van der Waals surface area contributed by atoms with Crippen molar-refractivity contribution in [3.05, 3.63) is 0 Å². The number of hydrogen-bond acceptors (Lipinski definition) is 4. The Morgan fingerprint density at radius 3 is 2.57 bits per heavy atom. The number of unbranched alkanes of at least 4 members (excludes halogenated alkanes) is 2. The molecule has 78 valence electrons. The van der Waals surface area contributed by atoms with Crippen LogP contribution in [0.4, 0.5) is 0 Å². The molecular weight excluding hydrogens is 186 g/mol. The SMILES string of the molecule is COC(=O)C(CCCCC#N)C(=O)O. The first-order valence-electron chi connectivity index (χ1n) is 4.31. The molecular formula is C9H13NO4. The van der Waals surface area contributed by atoms with Crippen LogP contribution in [0.15, 0.2) is 0 Å². The Balaban J connectivity index is 3.93. The molecule has 1 unspecified atom stereocenters. The summed E-state index contributed by atoms with van der Waals surface area (Å²) in [6, 6.07) is 1.95. The van der Waals surface area contributed by atoms with Crippen molar-refractivity contribution in [2.45, 2.75) is 25.7 Å². The summed E-state index contributed by atoms with van der Waals surface area (Å²) in [7, 11) is 1.16. The average molecular weight is 199 g/mol. The van der Waals surface area contributed by atoms with Crippen molar-refractivity contribution in [1.29, 1.82) is 5.26 Å². The number of rotatable bonds is 6. The lowest BCUT2D eigenvalue weighted by molar-refractivity contribution is -0.157. The topological polar surface area (TPSA) is 87.4 Å². The molecule has 0 radical (unpaired) electrons. The molecule has 0 aromatic rings. The number of carboxylic acids is 1. The van der Waals surface area contributed by atoms with Crippen LogP contribution in [0.25, 0.3) is 0 Å². The van der Waals surface area contributed by atoms with E-state index in [2.05, 4.69) is 4.74 Å². The normalized spacial score (nSPS) is 11.4. The standard InChI is InChI=1S/C9H13NO4/c1-14-9(13)7(8(11)12)5-3-2-4-6-10/h7H,2-5H2,1H3,(H,11,12). The lowest BCUT2D eigenvalue weighted by Crippen LogP contribution is -2.24. The van der Waals surface area contributed by atoms with Gasteiger partial charge >= 0.3 is 11.9 Å². The molecule has 0 amide bonds. The zero-order valence-electron chi connectivity index (χ0n) is 8.02. The van der Waals surface area contributed by atoms with Crippen molar-refractivity contribution in [2.24, 2.45) is 5.92 Å². The van der Waals surface area contributed by atoms with Crippen LogP contribution < -0.4 is 0 Å². The Morgan fingerprint density at radius 1 is 1.50 bits per heavy atom. The number of esters is 1. The van der Waals surface area contributed by atoms with Gasteiger partial charge in [-0.3, -0.25) is 9.59 Å². The first kappa shape index (κ1) is 12.4. The molecule has 14 heavy (non-hydrogen) atoms. The van der Waals surface area contributed by atoms with E-state index in [1.807, 2.05) is 6.07 Å². The van der Waals surface area contributed by atoms with E-state index in [0.29, 0.717) is 19.3 Å². The Kier molecular flexibility index (Phi) is 6.12. The van der Waals surface area contributed by atoms with Crippen LogP contribution in [0.5, 0.6) is 0 Å². The van der Waals surface area contributed by atoms with Gasteiger partial charge in [0.05, 0.1) is 13.2 Å². The smallest absolute Gasteiger partial charge is 0.320 e. The fourth-order valence-electron chi connectivity index (χ4n) is 1.04. The summed E-state index contributed by atoms with van der Waals surface area (Å²) in [6.07, 6.45) is 1.76. The van der Waals surface area contributed by atoms with Crippen LogP contribution in [-0.4, -0.2) is 24.2 Å². The highest BCUT2D eigenvalue weighted by Crippen LogP contribution is 2.11. The molecule has 5 heteroatoms. The third-order valence-corrected chi connectivity index (χ3v) is 1.82. The summed E-state index contributed by atoms with van der Waals surface area (Å²) < 4.78 is 4.35. The van der Waals surface area contributed by atoms with Gasteiger partial charge in [-0.2, -0.15) is 5.26 Å². The Morgan fingerprint density at radius 2 is 2.14 bits per heavy atom. The number of carbonyl (C=O) groups is 2. The molecule has 1 N–H and O–H groups in total. The van der Waals surface area contributed by atoms with E-state index >= 15 is 0 Å². The number of aliphatic carboxylic acids is 1. The van der Waals surface area contributed by atoms with Crippen LogP contribution >= 0.6 is 0 Å². The molecule has 0 saturated heterocycles. The minimum absolute atomic E-state index is 0.226. The van der Waals surface area contributed by atoms with E-state index in [1.54, 1.807) is 0 Å². The third kappa shape index (κ3) is 4.45. The number of carboxylic acid groups (broad SMARTS) is 1. The molecule has 0 aromatic heterocycles. The van der Waals surface area contributed by atoms with Crippen molar-refractivity contribution in [3.8, 4) is 6.07 Å². The maximum Gasteiger partial charge on any atom is 0.320 e. The monoisotopic (exact) mass is 199 g/mol. The van der Waals surface area contributed by atoms with Gasteiger partial charge in [0.2, 0.25) is 0 Å². The summed E-state index contributed by atoms with van der Waals surface area (Å²) in [6.45, 7) is 0. The molecule has 0 saturated carbocycles. The highest BCUT2D eigenvalue weighted by molar-refractivity contribution is 5.93. The van der Waals surface area contributed by atoms with Crippen molar-refractivity contribution >= 4 is 11.9 Å². The van der Waals surface area contributed by atoms with Crippen LogP contribution in [-0.2, 0) is 14.3 Å². The van der Waals surface area contributed by atoms with E-state index in [9.17, 15) is 9.59 Å². The molecule has 1 atom stereocenters. The molecule has 0 aliphatic carbocycles. The predicted molar refractivity (Wildman–Crippen MR) is 47.2 cm³/mol. The van der Waals surface area contributed by atoms with Crippen molar-refractivity contribution < 1.29 is 19.4 Å². The third-order valence-electron chi connectivity index (χ3n) is 1.82. The van der Waals surface area contributed by atoms with Crippen LogP contribution in [0.2, 0.25) is 0 Å². The number of nitriles is 1. The lowest BCUT2D eigenvalue weighted by atomic mass is 10.0. The van der Waals surface area contributed by atoms with Gasteiger partial charge in [-0.25, -0.2) is 0 Å². The fourth-order valence-corrected chi connectivity index (χ4v) is 1.04. The van der Waals surface area contributed by atoms with E-state index in [0.717, 1.165) is 7.11 Å². The molecule has 0 heterocycles. The van der Waals surface area contributed by atoms with E-state index in [-0.39, 0.29) is 6.42 Å². The van der Waals surface area contributed by atoms with Gasteiger partial charge in [-0.15, -0.1) is 0 Å². The van der Waals surface area contributed by atoms with Crippen LogP contribution in [0.3, 0.4) is 0 Å². The van der Waals surface area contributed by atoms with Gasteiger partial charge in [-0.05, 0) is 12.8 Å². The quantitative estimate of drug-likeness (QED) is 0.391. The van der Waals surface area contributed by atoms with Gasteiger partial charge in [-0.1, -0.05) is 6.42 Å². The van der Waals surface area contributed by atoms with E-state index in [1.165, 1.54) is 0 Å². The summed E-state index contributed by atoms with van der Waals surface area (Å²) in [4.78, 5) is 21.5. The van der Waals surface area contributed by atoms with Gasteiger partial charge in [0.15, 0.2) is 5.92 Å². The first-order valence-corrected chi connectivity index (χ1v) is 4.31. The second-order valence-electron chi connectivity index (χ2n) is 2.82. The van der Waals surface area contributed by atoms with Gasteiger partial charge in [0.1, 0.15) is 0 Å². The van der Waals surface area contributed by atoms with E-state index in [4.69, 9.17) is 10.4 Å². The minimum atomic E-state index is -1.17. The van der Waals surface area contributed by atoms with Crippen molar-refractivity contribution in [2.75, 3.05) is 7.11 Å². The van der Waals surface area contributed by atoms with Crippen LogP contribution in [0, 0.1) is 17.2 Å². The Labute approximate surface area is 82.3 Å². The molecule has 0 spiro atoms. The number of ether oxygens (including phenoxy) is 1. The van der Waals surface area contributed by atoms with Gasteiger partial charge in [0.25, 0.3) is 0 Å². The summed E-state index contributed by atoms with van der Waals surface area (Å²) >= 11 is 0. The van der Waals surface area contributed by atoms with E-state index < -0.39 is 17.9 Å². The predicted octanol–water partition coefficient (Wildman–Crippen LogP) is 0.944. The first-order chi connectivity index (χ1) is 6.63. The fraction of sp³-hybridized carbons (Fsp3) is 0.667. The minimum Gasteiger partial charge on any atom is -0.481 e. The maximum absolute atomic E-state index is 10.9. The summed E-state index contributed by atoms with van der Waals surface area (Å²) in [5.74, 6) is -3.00. The average Bonchev–Trinajstić information content (AvgIpc) is 2.16. The van der Waals surface area contributed by atoms with Crippen LogP contribution in [0.1, 0.15) is 25.7 Å². The summed E-state index contributed by atoms with van der Waals surface area (Å²) in [5.41, 5.74) is 0. The maximum atomic E-state index is 10.9. The highest BCUT2D eigenvalue weighted by atomic mass is 16.5. The molecule has 0 aromatic carbocycles. The second-order valence-corrected chi connectivity index (χ2v) is 2.82. The lowest BCUT2D eigenvalue weighted by Gasteiger charge is -2.08. The Hall–Kier alpha value is -1.57. The zero-order valence-corrected chi connectivity index (χ0v) is 8.02. The largest absolute Gasteiger partial charge is 0.481 e. The second kappa shape index (κ2) is 6.89. The number of carbonyl (C=O) groups excluding carboxylic acids is 1. The molecule has 0 rings (SSSR count). The Bertz CT molecular complexity index is 244. The molecule has 0 aliphatic heterocycles. The number of methoxy groups -OCH3 is 1. The molecule has 0 fully saturated rings. The molecule has 0 aliphatic rings.